The summed E-state index contributed by atoms with van der Waals surface area (Å²) in [5.41, 5.74) is -1.42. The van der Waals surface area contributed by atoms with Gasteiger partial charge in [0, 0.05) is 5.57 Å². The molecule has 0 fully saturated rings. The topological polar surface area (TPSA) is 26.3 Å². The molecule has 0 aliphatic carbocycles. The molecule has 0 radical (unpaired) electrons. The van der Waals surface area contributed by atoms with Gasteiger partial charge in [-0.1, -0.05) is 6.58 Å². The SMILES string of the molecule is C=C(C)C(=O)OC(F)(F)C(F)(F)C(F)(F)C(F)(F)C(F)(F)C(F)(F)C(F)(F)C(F)(F)C(F)(F)C(F)(F)F. The largest absolute Gasteiger partial charge is 0.473 e. The van der Waals surface area contributed by atoms with Crippen molar-refractivity contribution < 1.29 is 102 Å². The Bertz CT molecular complexity index is 895. The van der Waals surface area contributed by atoms with E-state index in [2.05, 4.69) is 11.3 Å². The molecule has 0 aromatic heterocycles. The van der Waals surface area contributed by atoms with E-state index in [-0.39, 0.29) is 6.92 Å². The Balaban J connectivity index is 7.05. The number of rotatable bonds is 10. The summed E-state index contributed by atoms with van der Waals surface area (Å²) < 4.78 is 277. The molecular formula is C14H5F21O2. The Morgan fingerprint density at radius 3 is 0.892 bits per heavy atom. The Kier molecular flexibility index (Phi) is 8.10. The highest BCUT2D eigenvalue weighted by Crippen LogP contribution is 2.66. The fourth-order valence-corrected chi connectivity index (χ4v) is 1.81. The summed E-state index contributed by atoms with van der Waals surface area (Å²) in [6.07, 6.45) is -15.5. The van der Waals surface area contributed by atoms with E-state index in [0.717, 1.165) is 0 Å². The smallest absolute Gasteiger partial charge is 0.393 e. The summed E-state index contributed by atoms with van der Waals surface area (Å²) in [6.45, 7) is 2.68. The number of ether oxygens (including phenoxy) is 1. The molecule has 0 N–H and O–H groups in total. The number of carbonyl (C=O) groups excluding carboxylic acids is 1. The average molecular weight is 604 g/mol. The highest BCUT2D eigenvalue weighted by atomic mass is 19.4. The van der Waals surface area contributed by atoms with Crippen LogP contribution in [0.3, 0.4) is 0 Å². The van der Waals surface area contributed by atoms with Crippen LogP contribution < -0.4 is 0 Å². The number of hydrogen-bond donors (Lipinski definition) is 0. The molecule has 0 amide bonds. The van der Waals surface area contributed by atoms with Gasteiger partial charge in [0.05, 0.1) is 0 Å². The van der Waals surface area contributed by atoms with Crippen molar-refractivity contribution in [2.75, 3.05) is 0 Å². The lowest BCUT2D eigenvalue weighted by Gasteiger charge is -2.44. The zero-order valence-corrected chi connectivity index (χ0v) is 16.5. The third kappa shape index (κ3) is 4.42. The van der Waals surface area contributed by atoms with E-state index in [9.17, 15) is 97.0 Å². The Hall–Kier alpha value is -2.26. The molecule has 0 saturated carbocycles. The molecule has 0 unspecified atom stereocenters. The van der Waals surface area contributed by atoms with E-state index in [1.807, 2.05) is 0 Å². The predicted molar refractivity (Wildman–Crippen MR) is 71.5 cm³/mol. The first kappa shape index (κ1) is 34.7. The van der Waals surface area contributed by atoms with Gasteiger partial charge in [-0.25, -0.2) is 4.79 Å². The van der Waals surface area contributed by atoms with Crippen LogP contribution in [0.15, 0.2) is 12.2 Å². The van der Waals surface area contributed by atoms with Crippen LogP contribution in [0.25, 0.3) is 0 Å². The lowest BCUT2D eigenvalue weighted by molar-refractivity contribution is -0.482. The van der Waals surface area contributed by atoms with Crippen LogP contribution in [-0.4, -0.2) is 65.6 Å². The number of esters is 1. The second-order valence-electron chi connectivity index (χ2n) is 6.78. The summed E-state index contributed by atoms with van der Waals surface area (Å²) in [4.78, 5) is 10.8. The minimum Gasteiger partial charge on any atom is -0.393 e. The summed E-state index contributed by atoms with van der Waals surface area (Å²) >= 11 is 0. The van der Waals surface area contributed by atoms with Gasteiger partial charge in [0.2, 0.25) is 0 Å². The van der Waals surface area contributed by atoms with Crippen LogP contribution in [0.1, 0.15) is 6.92 Å². The van der Waals surface area contributed by atoms with E-state index in [4.69, 9.17) is 0 Å². The maximum Gasteiger partial charge on any atom is 0.473 e. The van der Waals surface area contributed by atoms with Crippen LogP contribution in [0.2, 0.25) is 0 Å². The van der Waals surface area contributed by atoms with Gasteiger partial charge in [-0.05, 0) is 6.92 Å². The lowest BCUT2D eigenvalue weighted by atomic mass is 9.87. The standard InChI is InChI=1S/C14H5F21O2/c1-3(2)4(36)37-14(34,35)12(29,30)10(25,26)8(21,22)6(17,18)5(15,16)7(19,20)9(23,24)11(27,28)13(31,32)33/h1H2,2H3. The molecule has 2 nitrogen and oxygen atoms in total. The Morgan fingerprint density at radius 2 is 0.676 bits per heavy atom. The normalized spacial score (nSPS) is 16.1. The van der Waals surface area contributed by atoms with Gasteiger partial charge in [0.1, 0.15) is 0 Å². The first-order valence-corrected chi connectivity index (χ1v) is 7.93. The van der Waals surface area contributed by atoms with Crippen LogP contribution >= 0.6 is 0 Å². The van der Waals surface area contributed by atoms with Crippen LogP contribution in [0.5, 0.6) is 0 Å². The second-order valence-corrected chi connectivity index (χ2v) is 6.78. The van der Waals surface area contributed by atoms with Crippen LogP contribution in [0.4, 0.5) is 92.2 Å². The zero-order valence-electron chi connectivity index (χ0n) is 16.5. The number of alkyl halides is 21. The molecule has 0 heterocycles. The van der Waals surface area contributed by atoms with Crippen molar-refractivity contribution in [3.05, 3.63) is 12.2 Å². The van der Waals surface area contributed by atoms with Gasteiger partial charge in [-0.15, -0.1) is 0 Å². The summed E-state index contributed by atoms with van der Waals surface area (Å²) in [6, 6.07) is 0. The minimum atomic E-state index is -9.26. The van der Waals surface area contributed by atoms with Crippen LogP contribution in [0, 0.1) is 0 Å². The molecular weight excluding hydrogens is 599 g/mol. The van der Waals surface area contributed by atoms with Crippen molar-refractivity contribution in [2.45, 2.75) is 66.6 Å². The van der Waals surface area contributed by atoms with Gasteiger partial charge >= 0.3 is 65.6 Å². The number of hydrogen-bond acceptors (Lipinski definition) is 2. The van der Waals surface area contributed by atoms with Gasteiger partial charge in [0.25, 0.3) is 0 Å². The first-order chi connectivity index (χ1) is 15.6. The fourth-order valence-electron chi connectivity index (χ4n) is 1.81. The molecule has 220 valence electrons. The van der Waals surface area contributed by atoms with Crippen molar-refractivity contribution in [1.82, 2.24) is 0 Å². The average Bonchev–Trinajstić information content (AvgIpc) is 2.65. The minimum absolute atomic E-state index is 0.289. The molecule has 0 aromatic carbocycles. The highest BCUT2D eigenvalue weighted by Gasteiger charge is 2.98. The quantitative estimate of drug-likeness (QED) is 0.148. The Labute approximate surface area is 188 Å². The van der Waals surface area contributed by atoms with Crippen molar-refractivity contribution in [3.8, 4) is 0 Å². The van der Waals surface area contributed by atoms with Gasteiger partial charge in [-0.3, -0.25) is 0 Å². The third-order valence-corrected chi connectivity index (χ3v) is 4.05. The summed E-state index contributed by atoms with van der Waals surface area (Å²) in [5, 5.41) is 0. The summed E-state index contributed by atoms with van der Waals surface area (Å²) in [5.74, 6) is -74.2. The van der Waals surface area contributed by atoms with E-state index < -0.39 is 71.2 Å². The van der Waals surface area contributed by atoms with E-state index in [0.29, 0.717) is 0 Å². The molecule has 37 heavy (non-hydrogen) atoms. The second kappa shape index (κ2) is 8.63. The molecule has 0 bridgehead atoms. The van der Waals surface area contributed by atoms with Crippen molar-refractivity contribution in [2.24, 2.45) is 0 Å². The zero-order chi connectivity index (χ0) is 30.9. The monoisotopic (exact) mass is 604 g/mol. The summed E-state index contributed by atoms with van der Waals surface area (Å²) in [7, 11) is 0. The van der Waals surface area contributed by atoms with Gasteiger partial charge < -0.3 is 4.74 Å². The number of carbonyl (C=O) groups is 1. The molecule has 0 aliphatic heterocycles. The van der Waals surface area contributed by atoms with E-state index in [1.54, 1.807) is 0 Å². The molecule has 0 spiro atoms. The molecule has 0 atom stereocenters. The molecule has 0 aromatic rings. The molecule has 0 saturated heterocycles. The van der Waals surface area contributed by atoms with Crippen molar-refractivity contribution in [3.63, 3.8) is 0 Å². The maximum absolute atomic E-state index is 13.5. The molecule has 0 aliphatic rings. The molecule has 23 heteroatoms. The predicted octanol–water partition coefficient (Wildman–Crippen LogP) is 7.34. The maximum atomic E-state index is 13.5. The molecule has 0 rings (SSSR count). The van der Waals surface area contributed by atoms with Crippen LogP contribution in [-0.2, 0) is 9.53 Å². The first-order valence-electron chi connectivity index (χ1n) is 7.93. The number of halogens is 21. The van der Waals surface area contributed by atoms with E-state index >= 15 is 0 Å². The van der Waals surface area contributed by atoms with Crippen molar-refractivity contribution >= 4 is 5.97 Å². The fraction of sp³-hybridized carbons (Fsp3) is 0.786. The van der Waals surface area contributed by atoms with Crippen molar-refractivity contribution in [1.29, 1.82) is 0 Å². The van der Waals surface area contributed by atoms with Gasteiger partial charge in [0.15, 0.2) is 0 Å². The Morgan fingerprint density at radius 1 is 0.459 bits per heavy atom. The van der Waals surface area contributed by atoms with E-state index in [1.165, 1.54) is 0 Å². The lowest BCUT2D eigenvalue weighted by Crippen LogP contribution is -2.77. The third-order valence-electron chi connectivity index (χ3n) is 4.05. The highest BCUT2D eigenvalue weighted by molar-refractivity contribution is 5.87. The van der Waals surface area contributed by atoms with Gasteiger partial charge in [-0.2, -0.15) is 92.2 Å².